The van der Waals surface area contributed by atoms with Crippen LogP contribution in [0.4, 0.5) is 4.39 Å². The molecule has 3 atom stereocenters. The summed E-state index contributed by atoms with van der Waals surface area (Å²) >= 11 is 1.51. The second-order valence-corrected chi connectivity index (χ2v) is 6.44. The van der Waals surface area contributed by atoms with E-state index in [-0.39, 0.29) is 23.7 Å². The first kappa shape index (κ1) is 19.7. The van der Waals surface area contributed by atoms with Crippen molar-refractivity contribution in [3.05, 3.63) is 41.7 Å². The third kappa shape index (κ3) is 5.66. The molecule has 5 heteroatoms. The van der Waals surface area contributed by atoms with Crippen molar-refractivity contribution in [2.75, 3.05) is 12.8 Å². The number of nitrogens with one attached hydrogen (secondary N) is 1. The standard InChI is InChI=1S/C18H27FN2OS/c1-5-17(21-6-2)15(18(20)22)9-7-12(3)14-10-8-13(23-4)11-16(14)19/h7-12,15,17,21H,5-6H2,1-4H3,(H2,20,22). The molecular weight excluding hydrogens is 311 g/mol. The van der Waals surface area contributed by atoms with Gasteiger partial charge < -0.3 is 11.1 Å². The molecule has 128 valence electrons. The number of primary amides is 1. The number of hydrogen-bond donors (Lipinski definition) is 2. The van der Waals surface area contributed by atoms with E-state index in [0.717, 1.165) is 17.9 Å². The summed E-state index contributed by atoms with van der Waals surface area (Å²) < 4.78 is 14.2. The molecule has 0 radical (unpaired) electrons. The normalized spacial score (nSPS) is 15.5. The van der Waals surface area contributed by atoms with Gasteiger partial charge in [-0.15, -0.1) is 11.8 Å². The smallest absolute Gasteiger partial charge is 0.225 e. The first-order valence-corrected chi connectivity index (χ1v) is 9.21. The maximum atomic E-state index is 14.2. The van der Waals surface area contributed by atoms with E-state index in [1.54, 1.807) is 12.1 Å². The Labute approximate surface area is 142 Å². The Morgan fingerprint density at radius 1 is 1.39 bits per heavy atom. The summed E-state index contributed by atoms with van der Waals surface area (Å²) in [5, 5.41) is 3.27. The van der Waals surface area contributed by atoms with E-state index in [2.05, 4.69) is 5.32 Å². The van der Waals surface area contributed by atoms with E-state index >= 15 is 0 Å². The zero-order valence-corrected chi connectivity index (χ0v) is 15.1. The van der Waals surface area contributed by atoms with Gasteiger partial charge in [0.15, 0.2) is 0 Å². The number of allylic oxidation sites excluding steroid dienone is 1. The van der Waals surface area contributed by atoms with Crippen LogP contribution >= 0.6 is 11.8 Å². The highest BCUT2D eigenvalue weighted by Crippen LogP contribution is 2.25. The van der Waals surface area contributed by atoms with Crippen LogP contribution in [0.3, 0.4) is 0 Å². The number of hydrogen-bond acceptors (Lipinski definition) is 3. The van der Waals surface area contributed by atoms with Gasteiger partial charge in [-0.2, -0.15) is 0 Å². The van der Waals surface area contributed by atoms with Crippen molar-refractivity contribution >= 4 is 17.7 Å². The second kappa shape index (κ2) is 9.73. The summed E-state index contributed by atoms with van der Waals surface area (Å²) in [6.45, 7) is 6.70. The van der Waals surface area contributed by atoms with Gasteiger partial charge in [0, 0.05) is 16.9 Å². The minimum absolute atomic E-state index is 0.00432. The van der Waals surface area contributed by atoms with Crippen molar-refractivity contribution in [2.45, 2.75) is 44.0 Å². The van der Waals surface area contributed by atoms with Crippen LogP contribution in [0.15, 0.2) is 35.2 Å². The number of nitrogens with two attached hydrogens (primary N) is 1. The highest BCUT2D eigenvalue weighted by atomic mass is 32.2. The van der Waals surface area contributed by atoms with Gasteiger partial charge in [-0.1, -0.05) is 39.0 Å². The Morgan fingerprint density at radius 2 is 2.09 bits per heavy atom. The van der Waals surface area contributed by atoms with Crippen molar-refractivity contribution in [1.82, 2.24) is 5.32 Å². The molecule has 3 N–H and O–H groups in total. The fourth-order valence-electron chi connectivity index (χ4n) is 2.61. The van der Waals surface area contributed by atoms with Gasteiger partial charge in [0.25, 0.3) is 0 Å². The van der Waals surface area contributed by atoms with Crippen LogP contribution in [0.1, 0.15) is 38.7 Å². The van der Waals surface area contributed by atoms with Gasteiger partial charge in [0.1, 0.15) is 5.82 Å². The fourth-order valence-corrected chi connectivity index (χ4v) is 3.03. The van der Waals surface area contributed by atoms with Crippen LogP contribution in [0.2, 0.25) is 0 Å². The zero-order valence-electron chi connectivity index (χ0n) is 14.3. The molecule has 0 bridgehead atoms. The second-order valence-electron chi connectivity index (χ2n) is 5.56. The predicted octanol–water partition coefficient (Wildman–Crippen LogP) is 3.70. The number of rotatable bonds is 9. The lowest BCUT2D eigenvalue weighted by Crippen LogP contribution is -2.41. The molecule has 23 heavy (non-hydrogen) atoms. The lowest BCUT2D eigenvalue weighted by atomic mass is 9.92. The van der Waals surface area contributed by atoms with Gasteiger partial charge in [-0.25, -0.2) is 4.39 Å². The zero-order chi connectivity index (χ0) is 17.4. The van der Waals surface area contributed by atoms with Crippen molar-refractivity contribution in [3.63, 3.8) is 0 Å². The van der Waals surface area contributed by atoms with Crippen LogP contribution < -0.4 is 11.1 Å². The molecule has 0 aliphatic heterocycles. The minimum atomic E-state index is -0.393. The molecule has 1 amide bonds. The molecule has 0 aliphatic rings. The lowest BCUT2D eigenvalue weighted by molar-refractivity contribution is -0.121. The number of carbonyl (C=O) groups excluding carboxylic acids is 1. The Kier molecular flexibility index (Phi) is 8.34. The molecule has 0 spiro atoms. The van der Waals surface area contributed by atoms with E-state index < -0.39 is 5.92 Å². The average molecular weight is 338 g/mol. The summed E-state index contributed by atoms with van der Waals surface area (Å²) in [5.41, 5.74) is 6.15. The van der Waals surface area contributed by atoms with E-state index in [4.69, 9.17) is 5.73 Å². The highest BCUT2D eigenvalue weighted by Gasteiger charge is 2.22. The molecule has 3 unspecified atom stereocenters. The van der Waals surface area contributed by atoms with Gasteiger partial charge in [-0.3, -0.25) is 4.79 Å². The van der Waals surface area contributed by atoms with Crippen molar-refractivity contribution in [3.8, 4) is 0 Å². The lowest BCUT2D eigenvalue weighted by Gasteiger charge is -2.22. The maximum absolute atomic E-state index is 14.2. The molecule has 0 aromatic heterocycles. The Morgan fingerprint density at radius 3 is 2.57 bits per heavy atom. The first-order valence-electron chi connectivity index (χ1n) is 7.98. The summed E-state index contributed by atoms with van der Waals surface area (Å²) in [6, 6.07) is 5.26. The molecule has 0 saturated heterocycles. The maximum Gasteiger partial charge on any atom is 0.225 e. The van der Waals surface area contributed by atoms with Gasteiger partial charge in [-0.05, 0) is 36.9 Å². The fraction of sp³-hybridized carbons (Fsp3) is 0.500. The van der Waals surface area contributed by atoms with Gasteiger partial charge >= 0.3 is 0 Å². The van der Waals surface area contributed by atoms with E-state index in [1.165, 1.54) is 11.8 Å². The quantitative estimate of drug-likeness (QED) is 0.533. The van der Waals surface area contributed by atoms with Gasteiger partial charge in [0.2, 0.25) is 5.91 Å². The summed E-state index contributed by atoms with van der Waals surface area (Å²) in [6.07, 6.45) is 6.40. The SMILES string of the molecule is CCNC(CC)C(C=CC(C)c1ccc(SC)cc1F)C(N)=O. The van der Waals surface area contributed by atoms with E-state index in [9.17, 15) is 9.18 Å². The van der Waals surface area contributed by atoms with Crippen LogP contribution in [0.5, 0.6) is 0 Å². The predicted molar refractivity (Wildman–Crippen MR) is 96.2 cm³/mol. The molecule has 1 aromatic carbocycles. The molecule has 0 saturated carbocycles. The van der Waals surface area contributed by atoms with Crippen molar-refractivity contribution in [1.29, 1.82) is 0 Å². The molecule has 3 nitrogen and oxygen atoms in total. The molecule has 0 aliphatic carbocycles. The molecule has 1 aromatic rings. The number of carbonyl (C=O) groups is 1. The van der Waals surface area contributed by atoms with Crippen molar-refractivity contribution < 1.29 is 9.18 Å². The topological polar surface area (TPSA) is 55.1 Å². The summed E-state index contributed by atoms with van der Waals surface area (Å²) in [4.78, 5) is 12.6. The Hall–Kier alpha value is -1.33. The Balaban J connectivity index is 2.93. The van der Waals surface area contributed by atoms with Crippen LogP contribution in [0, 0.1) is 11.7 Å². The summed E-state index contributed by atoms with van der Waals surface area (Å²) in [7, 11) is 0. The number of halogens is 1. The summed E-state index contributed by atoms with van der Waals surface area (Å²) in [5.74, 6) is -1.09. The first-order chi connectivity index (χ1) is 10.9. The largest absolute Gasteiger partial charge is 0.369 e. The Bertz CT molecular complexity index is 548. The van der Waals surface area contributed by atoms with Crippen LogP contribution in [-0.4, -0.2) is 24.7 Å². The number of benzene rings is 1. The molecular formula is C18H27FN2OS. The van der Waals surface area contributed by atoms with Crippen molar-refractivity contribution in [2.24, 2.45) is 11.7 Å². The third-order valence-electron chi connectivity index (χ3n) is 3.97. The number of thioether (sulfide) groups is 1. The molecule has 0 heterocycles. The van der Waals surface area contributed by atoms with E-state index in [1.807, 2.05) is 45.2 Å². The highest BCUT2D eigenvalue weighted by molar-refractivity contribution is 7.98. The van der Waals surface area contributed by atoms with Crippen LogP contribution in [0.25, 0.3) is 0 Å². The minimum Gasteiger partial charge on any atom is -0.369 e. The third-order valence-corrected chi connectivity index (χ3v) is 4.70. The average Bonchev–Trinajstić information content (AvgIpc) is 2.53. The monoisotopic (exact) mass is 338 g/mol. The van der Waals surface area contributed by atoms with E-state index in [0.29, 0.717) is 5.56 Å². The molecule has 0 fully saturated rings. The van der Waals surface area contributed by atoms with Crippen LogP contribution in [-0.2, 0) is 4.79 Å². The molecule has 1 rings (SSSR count). The van der Waals surface area contributed by atoms with Gasteiger partial charge in [0.05, 0.1) is 5.92 Å². The number of amides is 1.